The number of anilines is 3. The van der Waals surface area contributed by atoms with Gasteiger partial charge in [-0.25, -0.2) is 0 Å². The second-order valence-electron chi connectivity index (χ2n) is 9.32. The van der Waals surface area contributed by atoms with Gasteiger partial charge in [0.15, 0.2) is 0 Å². The largest absolute Gasteiger partial charge is 0.677 e. The highest BCUT2D eigenvalue weighted by Gasteiger charge is 2.29. The molecule has 6 heteroatoms. The number of benzene rings is 3. The van der Waals surface area contributed by atoms with Crippen LogP contribution in [-0.4, -0.2) is 17.6 Å². The van der Waals surface area contributed by atoms with E-state index in [0.717, 1.165) is 49.6 Å². The molecule has 0 fully saturated rings. The number of aliphatic imine (C=N–C) groups is 1. The third-order valence-electron chi connectivity index (χ3n) is 6.62. The molecular formula is C31H28BF2N3. The molecular weight excluding hydrogens is 463 g/mol. The van der Waals surface area contributed by atoms with Crippen molar-refractivity contribution in [1.82, 2.24) is 4.48 Å². The summed E-state index contributed by atoms with van der Waals surface area (Å²) < 4.78 is 29.6. The Labute approximate surface area is 217 Å². The lowest BCUT2D eigenvalue weighted by Crippen LogP contribution is -2.18. The molecule has 3 nitrogen and oxygen atoms in total. The molecule has 37 heavy (non-hydrogen) atoms. The zero-order chi connectivity index (χ0) is 26.1. The molecule has 0 aliphatic carbocycles. The highest BCUT2D eigenvalue weighted by Crippen LogP contribution is 2.39. The standard InChI is InChI=1S/C31H28BF2N3/c1-21-19-23(3)35-30(21)29(31-22(2)20-24(4)37(31)32(33)34)25-15-17-28(18-16-25)36(26-11-7-5-8-12-26)27-13-9-6-10-14-27/h5-20H,1-4H3/b30-29-. The lowest BCUT2D eigenvalue weighted by Gasteiger charge is -2.26. The minimum atomic E-state index is -2.65. The lowest BCUT2D eigenvalue weighted by atomic mass is 9.94. The van der Waals surface area contributed by atoms with E-state index in [2.05, 4.69) is 29.2 Å². The average molecular weight is 491 g/mol. The molecule has 0 unspecified atom stereocenters. The maximum Gasteiger partial charge on any atom is 0.677 e. The number of aryl methyl sites for hydroxylation is 2. The maximum atomic E-state index is 14.3. The summed E-state index contributed by atoms with van der Waals surface area (Å²) in [4.78, 5) is 6.94. The predicted molar refractivity (Wildman–Crippen MR) is 151 cm³/mol. The number of allylic oxidation sites excluding steroid dienone is 2. The van der Waals surface area contributed by atoms with E-state index in [1.165, 1.54) is 0 Å². The minimum Gasteiger partial charge on any atom is -0.329 e. The van der Waals surface area contributed by atoms with Crippen molar-refractivity contribution in [2.24, 2.45) is 4.99 Å². The van der Waals surface area contributed by atoms with Gasteiger partial charge in [-0.2, -0.15) is 0 Å². The first-order chi connectivity index (χ1) is 17.8. The molecule has 1 aliphatic rings. The fourth-order valence-electron chi connectivity index (χ4n) is 5.08. The van der Waals surface area contributed by atoms with Crippen LogP contribution in [-0.2, 0) is 0 Å². The van der Waals surface area contributed by atoms with Crippen molar-refractivity contribution >= 4 is 35.7 Å². The second kappa shape index (κ2) is 10.1. The molecule has 0 atom stereocenters. The van der Waals surface area contributed by atoms with Crippen LogP contribution in [0.25, 0.3) is 5.57 Å². The van der Waals surface area contributed by atoms with Crippen molar-refractivity contribution in [3.63, 3.8) is 0 Å². The van der Waals surface area contributed by atoms with Crippen molar-refractivity contribution in [2.45, 2.75) is 27.7 Å². The number of rotatable bonds is 6. The van der Waals surface area contributed by atoms with Gasteiger partial charge in [-0.05, 0) is 92.9 Å². The summed E-state index contributed by atoms with van der Waals surface area (Å²) in [5.74, 6) is 0. The van der Waals surface area contributed by atoms with Crippen molar-refractivity contribution in [3.8, 4) is 0 Å². The van der Waals surface area contributed by atoms with E-state index in [1.54, 1.807) is 6.92 Å². The summed E-state index contributed by atoms with van der Waals surface area (Å²) in [5, 5.41) is 0. The van der Waals surface area contributed by atoms with E-state index in [9.17, 15) is 8.63 Å². The lowest BCUT2D eigenvalue weighted by molar-refractivity contribution is 0.624. The van der Waals surface area contributed by atoms with Crippen LogP contribution in [0.5, 0.6) is 0 Å². The molecule has 0 saturated heterocycles. The zero-order valence-electron chi connectivity index (χ0n) is 21.4. The quantitative estimate of drug-likeness (QED) is 0.248. The van der Waals surface area contributed by atoms with E-state index in [0.29, 0.717) is 17.0 Å². The normalized spacial score (nSPS) is 14.3. The van der Waals surface area contributed by atoms with Gasteiger partial charge in [0.1, 0.15) is 0 Å². The summed E-state index contributed by atoms with van der Waals surface area (Å²) in [6.07, 6.45) is 1.99. The zero-order valence-corrected chi connectivity index (χ0v) is 21.4. The molecule has 5 rings (SSSR count). The van der Waals surface area contributed by atoms with E-state index in [1.807, 2.05) is 93.6 Å². The first-order valence-corrected chi connectivity index (χ1v) is 12.3. The molecule has 0 saturated carbocycles. The van der Waals surface area contributed by atoms with Gasteiger partial charge in [0, 0.05) is 39.7 Å². The molecule has 0 radical (unpaired) electrons. The molecule has 0 amide bonds. The highest BCUT2D eigenvalue weighted by atomic mass is 19.2. The Morgan fingerprint density at radius 2 is 1.30 bits per heavy atom. The third kappa shape index (κ3) is 4.67. The minimum absolute atomic E-state index is 0.504. The third-order valence-corrected chi connectivity index (χ3v) is 6.62. The molecule has 0 N–H and O–H groups in total. The molecule has 184 valence electrons. The van der Waals surface area contributed by atoms with Gasteiger partial charge in [-0.1, -0.05) is 48.5 Å². The number of nitrogens with zero attached hydrogens (tertiary/aromatic N) is 3. The van der Waals surface area contributed by atoms with Crippen molar-refractivity contribution in [2.75, 3.05) is 4.90 Å². The number of hydrogen-bond donors (Lipinski definition) is 0. The molecule has 2 heterocycles. The highest BCUT2D eigenvalue weighted by molar-refractivity contribution is 6.41. The monoisotopic (exact) mass is 491 g/mol. The Bertz CT molecular complexity index is 1480. The number of hydrogen-bond acceptors (Lipinski definition) is 2. The number of halogens is 2. The van der Waals surface area contributed by atoms with Crippen LogP contribution in [0.1, 0.15) is 36.4 Å². The number of para-hydroxylation sites is 2. The number of aromatic nitrogens is 1. The van der Waals surface area contributed by atoms with Crippen molar-refractivity contribution in [3.05, 3.63) is 131 Å². The van der Waals surface area contributed by atoms with Gasteiger partial charge >= 0.3 is 7.40 Å². The first-order valence-electron chi connectivity index (χ1n) is 12.3. The molecule has 1 aliphatic heterocycles. The SMILES string of the molecule is CC1=CC(C)=N/C1=C(/c1ccc(N(c2ccccc2)c2ccccc2)cc1)c1c(C)cc(C)n1B(F)F. The van der Waals surface area contributed by atoms with Gasteiger partial charge in [-0.3, -0.25) is 13.6 Å². The van der Waals surface area contributed by atoms with Gasteiger partial charge in [-0.15, -0.1) is 0 Å². The topological polar surface area (TPSA) is 20.5 Å². The van der Waals surface area contributed by atoms with E-state index in [4.69, 9.17) is 4.99 Å². The van der Waals surface area contributed by atoms with Crippen molar-refractivity contribution in [1.29, 1.82) is 0 Å². The fourth-order valence-corrected chi connectivity index (χ4v) is 5.08. The summed E-state index contributed by atoms with van der Waals surface area (Å²) >= 11 is 0. The average Bonchev–Trinajstić information content (AvgIpc) is 3.38. The molecule has 3 aromatic carbocycles. The fraction of sp³-hybridized carbons (Fsp3) is 0.129. The Kier molecular flexibility index (Phi) is 6.66. The smallest absolute Gasteiger partial charge is 0.329 e. The Morgan fingerprint density at radius 3 is 1.78 bits per heavy atom. The van der Waals surface area contributed by atoms with Crippen molar-refractivity contribution < 1.29 is 8.63 Å². The van der Waals surface area contributed by atoms with Gasteiger partial charge in [0.2, 0.25) is 0 Å². The Morgan fingerprint density at radius 1 is 0.757 bits per heavy atom. The van der Waals surface area contributed by atoms with Crippen LogP contribution >= 0.6 is 0 Å². The van der Waals surface area contributed by atoms with Gasteiger partial charge in [0.25, 0.3) is 0 Å². The molecule has 4 aromatic rings. The Hall–Kier alpha value is -4.19. The second-order valence-corrected chi connectivity index (χ2v) is 9.32. The molecule has 0 bridgehead atoms. The summed E-state index contributed by atoms with van der Waals surface area (Å²) in [6, 6.07) is 30.2. The summed E-state index contributed by atoms with van der Waals surface area (Å²) in [5.41, 5.74) is 8.99. The predicted octanol–water partition coefficient (Wildman–Crippen LogP) is 8.53. The Balaban J connectivity index is 1.68. The van der Waals surface area contributed by atoms with Crippen LogP contribution in [0.4, 0.5) is 25.7 Å². The molecule has 0 spiro atoms. The summed E-state index contributed by atoms with van der Waals surface area (Å²) in [7, 11) is -2.65. The van der Waals surface area contributed by atoms with E-state index in [-0.39, 0.29) is 0 Å². The van der Waals surface area contributed by atoms with E-state index >= 15 is 0 Å². The summed E-state index contributed by atoms with van der Waals surface area (Å²) in [6.45, 7) is 7.51. The first kappa shape index (κ1) is 24.5. The van der Waals surface area contributed by atoms with Crippen LogP contribution < -0.4 is 4.90 Å². The van der Waals surface area contributed by atoms with E-state index < -0.39 is 7.40 Å². The maximum absolute atomic E-state index is 14.3. The van der Waals surface area contributed by atoms with Gasteiger partial charge in [0.05, 0.1) is 5.70 Å². The van der Waals surface area contributed by atoms with Crippen LogP contribution in [0.15, 0.2) is 113 Å². The van der Waals surface area contributed by atoms with Crippen LogP contribution in [0, 0.1) is 13.8 Å². The molecule has 1 aromatic heterocycles. The van der Waals surface area contributed by atoms with Crippen LogP contribution in [0.3, 0.4) is 0 Å². The van der Waals surface area contributed by atoms with Gasteiger partial charge < -0.3 is 9.38 Å². The van der Waals surface area contributed by atoms with Crippen LogP contribution in [0.2, 0.25) is 0 Å².